The molecule has 2 amide bonds. The third-order valence-corrected chi connectivity index (χ3v) is 6.59. The van der Waals surface area contributed by atoms with Gasteiger partial charge in [0.25, 0.3) is 11.8 Å². The van der Waals surface area contributed by atoms with Crippen molar-refractivity contribution in [2.24, 2.45) is 0 Å². The van der Waals surface area contributed by atoms with Gasteiger partial charge in [0.05, 0.1) is 19.4 Å². The molecule has 0 saturated heterocycles. The normalized spacial score (nSPS) is 10.6. The summed E-state index contributed by atoms with van der Waals surface area (Å²) in [5.74, 6) is 0.0526. The van der Waals surface area contributed by atoms with Crippen molar-refractivity contribution in [3.8, 4) is 16.9 Å². The Morgan fingerprint density at radius 2 is 1.31 bits per heavy atom. The Bertz CT molecular complexity index is 1450. The lowest BCUT2D eigenvalue weighted by Gasteiger charge is -2.15. The molecule has 0 aromatic heterocycles. The second-order valence-electron chi connectivity index (χ2n) is 9.21. The van der Waals surface area contributed by atoms with Gasteiger partial charge in [-0.3, -0.25) is 9.59 Å². The summed E-state index contributed by atoms with van der Waals surface area (Å²) in [5.41, 5.74) is 6.79. The smallest absolute Gasteiger partial charge is 0.255 e. The van der Waals surface area contributed by atoms with Gasteiger partial charge in [0.2, 0.25) is 0 Å². The van der Waals surface area contributed by atoms with Crippen LogP contribution in [0.15, 0.2) is 84.9 Å². The van der Waals surface area contributed by atoms with Gasteiger partial charge < -0.3 is 20.5 Å². The Kier molecular flexibility index (Phi) is 9.18. The molecule has 0 unspecified atom stereocenters. The van der Waals surface area contributed by atoms with Gasteiger partial charge in [0.15, 0.2) is 0 Å². The number of amides is 2. The van der Waals surface area contributed by atoms with Crippen LogP contribution in [0.25, 0.3) is 11.1 Å². The van der Waals surface area contributed by atoms with E-state index in [1.165, 1.54) is 0 Å². The van der Waals surface area contributed by atoms with Crippen molar-refractivity contribution in [2.45, 2.75) is 33.1 Å². The Labute approximate surface area is 230 Å². The van der Waals surface area contributed by atoms with Crippen LogP contribution in [0.1, 0.15) is 44.3 Å². The van der Waals surface area contributed by atoms with Crippen LogP contribution in [0.2, 0.25) is 6.82 Å². The van der Waals surface area contributed by atoms with Gasteiger partial charge in [-0.15, -0.1) is 0 Å². The first-order chi connectivity index (χ1) is 18.9. The molecule has 0 heterocycles. The van der Waals surface area contributed by atoms with Crippen LogP contribution in [0.4, 0.5) is 11.4 Å². The molecule has 1 radical (unpaired) electrons. The maximum Gasteiger partial charge on any atom is 0.255 e. The molecule has 6 nitrogen and oxygen atoms in total. The third kappa shape index (κ3) is 6.75. The monoisotopic (exact) mass is 519 g/mol. The summed E-state index contributed by atoms with van der Waals surface area (Å²) in [6, 6.07) is 26.0. The minimum Gasteiger partial charge on any atom is -0.495 e. The van der Waals surface area contributed by atoms with Crippen molar-refractivity contribution < 1.29 is 19.4 Å². The van der Waals surface area contributed by atoms with E-state index in [9.17, 15) is 14.7 Å². The third-order valence-electron chi connectivity index (χ3n) is 6.59. The summed E-state index contributed by atoms with van der Waals surface area (Å²) < 4.78 is 5.57. The number of nitrogens with one attached hydrogen (secondary N) is 2. The van der Waals surface area contributed by atoms with Gasteiger partial charge in [-0.05, 0) is 71.6 Å². The second kappa shape index (κ2) is 12.9. The van der Waals surface area contributed by atoms with E-state index in [0.717, 1.165) is 35.0 Å². The summed E-state index contributed by atoms with van der Waals surface area (Å²) in [5, 5.41) is 15.8. The summed E-state index contributed by atoms with van der Waals surface area (Å²) in [7, 11) is 3.62. The van der Waals surface area contributed by atoms with Gasteiger partial charge in [0, 0.05) is 22.4 Å². The number of rotatable bonds is 10. The lowest BCUT2D eigenvalue weighted by molar-refractivity contribution is 0.101. The zero-order chi connectivity index (χ0) is 27.8. The Morgan fingerprint density at radius 3 is 1.85 bits per heavy atom. The fourth-order valence-corrected chi connectivity index (χ4v) is 4.31. The maximum absolute atomic E-state index is 12.8. The van der Waals surface area contributed by atoms with Crippen molar-refractivity contribution in [3.05, 3.63) is 113 Å². The molecule has 4 aromatic rings. The topological polar surface area (TPSA) is 87.7 Å². The fourth-order valence-electron chi connectivity index (χ4n) is 4.31. The predicted octanol–water partition coefficient (Wildman–Crippen LogP) is 6.17. The standard InChI is InChI=1S/C32H32BN2O4/c1-4-21-5-9-23(10-6-21)31(37)34-28-15-13-25(17-27(28)20-36)26-14-16-29(30(18-26)39-3)35-32(38)24-11-7-22(8-12-24)19-33-2/h5-18,36H,4,19-20H2,1-3H3,(H,34,37)(H,35,38). The molecule has 7 heteroatoms. The first kappa shape index (κ1) is 27.7. The molecule has 0 aliphatic rings. The Balaban J connectivity index is 1.51. The van der Waals surface area contributed by atoms with E-state index >= 15 is 0 Å². The number of carbonyl (C=O) groups is 2. The molecule has 0 saturated carbocycles. The number of ether oxygens (including phenoxy) is 1. The molecule has 0 atom stereocenters. The predicted molar refractivity (Wildman–Crippen MR) is 158 cm³/mol. The second-order valence-corrected chi connectivity index (χ2v) is 9.21. The van der Waals surface area contributed by atoms with Gasteiger partial charge in [0.1, 0.15) is 13.0 Å². The quantitative estimate of drug-likeness (QED) is 0.219. The Hall–Kier alpha value is -4.36. The van der Waals surface area contributed by atoms with Crippen molar-refractivity contribution in [3.63, 3.8) is 0 Å². The number of hydrogen-bond donors (Lipinski definition) is 3. The van der Waals surface area contributed by atoms with E-state index in [2.05, 4.69) is 24.8 Å². The molecule has 4 aromatic carbocycles. The van der Waals surface area contributed by atoms with Crippen LogP contribution in [0.3, 0.4) is 0 Å². The van der Waals surface area contributed by atoms with Crippen LogP contribution in [0, 0.1) is 0 Å². The molecular weight excluding hydrogens is 487 g/mol. The highest BCUT2D eigenvalue weighted by Gasteiger charge is 2.14. The molecule has 3 N–H and O–H groups in total. The Morgan fingerprint density at radius 1 is 0.769 bits per heavy atom. The van der Waals surface area contributed by atoms with Gasteiger partial charge in [-0.25, -0.2) is 0 Å². The molecule has 197 valence electrons. The first-order valence-corrected chi connectivity index (χ1v) is 13.0. The minimum atomic E-state index is -0.238. The number of aryl methyl sites for hydroxylation is 1. The van der Waals surface area contributed by atoms with Gasteiger partial charge in [-0.1, -0.05) is 62.0 Å². The summed E-state index contributed by atoms with van der Waals surface area (Å²) in [6.45, 7) is 3.83. The number of aliphatic hydroxyl groups is 1. The number of anilines is 2. The summed E-state index contributed by atoms with van der Waals surface area (Å²) >= 11 is 0. The molecular formula is C32H32BN2O4. The number of carbonyl (C=O) groups excluding carboxylic acids is 2. The van der Waals surface area contributed by atoms with Crippen LogP contribution in [-0.4, -0.2) is 31.3 Å². The number of methoxy groups -OCH3 is 1. The van der Waals surface area contributed by atoms with E-state index in [-0.39, 0.29) is 18.4 Å². The van der Waals surface area contributed by atoms with E-state index < -0.39 is 0 Å². The zero-order valence-electron chi connectivity index (χ0n) is 22.5. The highest BCUT2D eigenvalue weighted by atomic mass is 16.5. The van der Waals surface area contributed by atoms with Gasteiger partial charge in [-0.2, -0.15) is 0 Å². The number of hydrogen-bond acceptors (Lipinski definition) is 4. The average Bonchev–Trinajstić information content (AvgIpc) is 2.98. The lowest BCUT2D eigenvalue weighted by atomic mass is 9.75. The van der Waals surface area contributed by atoms with Crippen LogP contribution < -0.4 is 15.4 Å². The van der Waals surface area contributed by atoms with E-state index in [1.54, 1.807) is 31.4 Å². The lowest BCUT2D eigenvalue weighted by Crippen LogP contribution is -2.13. The van der Waals surface area contributed by atoms with Crippen LogP contribution >= 0.6 is 0 Å². The van der Waals surface area contributed by atoms with Crippen LogP contribution in [-0.2, 0) is 19.3 Å². The largest absolute Gasteiger partial charge is 0.495 e. The van der Waals surface area contributed by atoms with Crippen molar-refractivity contribution in [1.29, 1.82) is 0 Å². The minimum absolute atomic E-state index is 0.222. The van der Waals surface area contributed by atoms with E-state index in [0.29, 0.717) is 33.8 Å². The molecule has 0 aliphatic heterocycles. The fraction of sp³-hybridized carbons (Fsp3) is 0.188. The molecule has 0 fully saturated rings. The number of aliphatic hydroxyl groups excluding tert-OH is 1. The zero-order valence-corrected chi connectivity index (χ0v) is 22.5. The van der Waals surface area contributed by atoms with E-state index in [4.69, 9.17) is 4.74 Å². The summed E-state index contributed by atoms with van der Waals surface area (Å²) in [6.07, 6.45) is 1.76. The molecule has 4 rings (SSSR count). The highest BCUT2D eigenvalue weighted by Crippen LogP contribution is 2.33. The van der Waals surface area contributed by atoms with E-state index in [1.807, 2.05) is 67.5 Å². The van der Waals surface area contributed by atoms with Crippen molar-refractivity contribution >= 4 is 30.5 Å². The highest BCUT2D eigenvalue weighted by molar-refractivity contribution is 6.32. The summed E-state index contributed by atoms with van der Waals surface area (Å²) in [4.78, 5) is 25.6. The molecule has 0 bridgehead atoms. The molecule has 39 heavy (non-hydrogen) atoms. The van der Waals surface area contributed by atoms with Gasteiger partial charge >= 0.3 is 0 Å². The molecule has 0 aliphatic carbocycles. The van der Waals surface area contributed by atoms with Crippen LogP contribution in [0.5, 0.6) is 5.75 Å². The number of benzene rings is 4. The van der Waals surface area contributed by atoms with Crippen molar-refractivity contribution in [2.75, 3.05) is 17.7 Å². The molecule has 0 spiro atoms. The maximum atomic E-state index is 12.8. The first-order valence-electron chi connectivity index (χ1n) is 13.0. The SMILES string of the molecule is C[B]Cc1ccc(C(=O)Nc2ccc(-c3ccc(NC(=O)c4ccc(CC)cc4)c(CO)c3)cc2OC)cc1. The van der Waals surface area contributed by atoms with Crippen molar-refractivity contribution in [1.82, 2.24) is 0 Å². The average molecular weight is 519 g/mol.